The van der Waals surface area contributed by atoms with Crippen LogP contribution in [0.3, 0.4) is 0 Å². The summed E-state index contributed by atoms with van der Waals surface area (Å²) >= 11 is 0. The molecule has 5 nitrogen and oxygen atoms in total. The Bertz CT molecular complexity index is 787. The van der Waals surface area contributed by atoms with E-state index in [1.54, 1.807) is 0 Å². The number of aromatic nitrogens is 1. The highest BCUT2D eigenvalue weighted by atomic mass is 16.6. The van der Waals surface area contributed by atoms with Crippen LogP contribution < -0.4 is 4.90 Å². The zero-order valence-electron chi connectivity index (χ0n) is 15.9. The van der Waals surface area contributed by atoms with E-state index in [4.69, 9.17) is 9.72 Å². The third-order valence-corrected chi connectivity index (χ3v) is 5.55. The van der Waals surface area contributed by atoms with Crippen molar-refractivity contribution in [3.63, 3.8) is 0 Å². The van der Waals surface area contributed by atoms with Gasteiger partial charge in [-0.15, -0.1) is 0 Å². The molecule has 0 bridgehead atoms. The minimum Gasteiger partial charge on any atom is -0.445 e. The number of amides is 1. The molecule has 0 N–H and O–H groups in total. The SMILES string of the molecule is Cc1cc(C2CCCN2C(=O)OCc2ccccc2)cnc1N1CCCC1. The molecule has 2 aliphatic heterocycles. The fourth-order valence-electron chi connectivity index (χ4n) is 4.17. The lowest BCUT2D eigenvalue weighted by Gasteiger charge is -2.26. The first-order valence-electron chi connectivity index (χ1n) is 9.91. The number of hydrogen-bond acceptors (Lipinski definition) is 4. The molecule has 142 valence electrons. The zero-order valence-corrected chi connectivity index (χ0v) is 15.9. The van der Waals surface area contributed by atoms with E-state index in [-0.39, 0.29) is 12.1 Å². The van der Waals surface area contributed by atoms with E-state index >= 15 is 0 Å². The maximum Gasteiger partial charge on any atom is 0.410 e. The van der Waals surface area contributed by atoms with Gasteiger partial charge < -0.3 is 14.5 Å². The number of carbonyl (C=O) groups is 1. The Morgan fingerprint density at radius 1 is 1.15 bits per heavy atom. The monoisotopic (exact) mass is 365 g/mol. The Morgan fingerprint density at radius 3 is 2.67 bits per heavy atom. The summed E-state index contributed by atoms with van der Waals surface area (Å²) in [5, 5.41) is 0. The average Bonchev–Trinajstić information content (AvgIpc) is 3.39. The summed E-state index contributed by atoms with van der Waals surface area (Å²) in [6.07, 6.45) is 6.16. The summed E-state index contributed by atoms with van der Waals surface area (Å²) in [5.74, 6) is 1.09. The first-order chi connectivity index (χ1) is 13.2. The Balaban J connectivity index is 1.44. The lowest BCUT2D eigenvalue weighted by molar-refractivity contribution is 0.0920. The minimum atomic E-state index is -0.234. The summed E-state index contributed by atoms with van der Waals surface area (Å²) in [6.45, 7) is 5.36. The van der Waals surface area contributed by atoms with Crippen molar-refractivity contribution in [2.24, 2.45) is 0 Å². The summed E-state index contributed by atoms with van der Waals surface area (Å²) in [6, 6.07) is 12.1. The first kappa shape index (κ1) is 17.8. The number of carbonyl (C=O) groups excluding carboxylic acids is 1. The van der Waals surface area contributed by atoms with Gasteiger partial charge in [0.1, 0.15) is 12.4 Å². The van der Waals surface area contributed by atoms with Gasteiger partial charge >= 0.3 is 6.09 Å². The summed E-state index contributed by atoms with van der Waals surface area (Å²) < 4.78 is 5.56. The zero-order chi connectivity index (χ0) is 18.6. The van der Waals surface area contributed by atoms with Gasteiger partial charge in [-0.2, -0.15) is 0 Å². The van der Waals surface area contributed by atoms with Gasteiger partial charge in [0.05, 0.1) is 6.04 Å². The lowest BCUT2D eigenvalue weighted by atomic mass is 10.0. The third-order valence-electron chi connectivity index (χ3n) is 5.55. The predicted octanol–water partition coefficient (Wildman–Crippen LogP) is 4.46. The second-order valence-corrected chi connectivity index (χ2v) is 7.49. The molecular formula is C22H27N3O2. The molecule has 1 amide bonds. The van der Waals surface area contributed by atoms with Crippen LogP contribution in [0.15, 0.2) is 42.6 Å². The number of ether oxygens (including phenoxy) is 1. The summed E-state index contributed by atoms with van der Waals surface area (Å²) in [4.78, 5) is 21.6. The average molecular weight is 365 g/mol. The number of likely N-dealkylation sites (tertiary alicyclic amines) is 1. The second kappa shape index (κ2) is 7.99. The molecule has 1 aromatic heterocycles. The fraction of sp³-hybridized carbons (Fsp3) is 0.455. The van der Waals surface area contributed by atoms with Gasteiger partial charge in [0, 0.05) is 25.8 Å². The molecule has 2 fully saturated rings. The normalized spacial score (nSPS) is 19.5. The van der Waals surface area contributed by atoms with Gasteiger partial charge in [0.15, 0.2) is 0 Å². The Hall–Kier alpha value is -2.56. The Kier molecular flexibility index (Phi) is 5.28. The molecule has 27 heavy (non-hydrogen) atoms. The third kappa shape index (κ3) is 3.92. The van der Waals surface area contributed by atoms with E-state index in [0.29, 0.717) is 6.61 Å². The van der Waals surface area contributed by atoms with Gasteiger partial charge in [-0.05, 0) is 55.4 Å². The second-order valence-electron chi connectivity index (χ2n) is 7.49. The molecule has 1 aromatic carbocycles. The molecule has 0 radical (unpaired) electrons. The van der Waals surface area contributed by atoms with Crippen LogP contribution in [0.5, 0.6) is 0 Å². The first-order valence-corrected chi connectivity index (χ1v) is 9.91. The van der Waals surface area contributed by atoms with Crippen LogP contribution in [-0.4, -0.2) is 35.6 Å². The maximum atomic E-state index is 12.6. The molecule has 2 aromatic rings. The van der Waals surface area contributed by atoms with Gasteiger partial charge in [0.2, 0.25) is 0 Å². The molecule has 1 atom stereocenters. The number of aryl methyl sites for hydroxylation is 1. The van der Waals surface area contributed by atoms with Crippen molar-refractivity contribution in [2.45, 2.75) is 45.3 Å². The van der Waals surface area contributed by atoms with Gasteiger partial charge in [-0.3, -0.25) is 0 Å². The molecule has 0 aliphatic carbocycles. The van der Waals surface area contributed by atoms with Crippen LogP contribution in [-0.2, 0) is 11.3 Å². The molecular weight excluding hydrogens is 338 g/mol. The molecule has 1 unspecified atom stereocenters. The van der Waals surface area contributed by atoms with Crippen molar-refractivity contribution in [1.82, 2.24) is 9.88 Å². The number of benzene rings is 1. The molecule has 0 spiro atoms. The highest BCUT2D eigenvalue weighted by molar-refractivity contribution is 5.69. The van der Waals surface area contributed by atoms with Crippen LogP contribution >= 0.6 is 0 Å². The van der Waals surface area contributed by atoms with E-state index in [1.165, 1.54) is 18.4 Å². The van der Waals surface area contributed by atoms with Gasteiger partial charge in [-0.1, -0.05) is 30.3 Å². The highest BCUT2D eigenvalue weighted by Gasteiger charge is 2.32. The number of pyridine rings is 1. The molecule has 2 saturated heterocycles. The highest BCUT2D eigenvalue weighted by Crippen LogP contribution is 2.34. The Labute approximate surface area is 161 Å². The molecule has 2 aliphatic rings. The maximum absolute atomic E-state index is 12.6. The van der Waals surface area contributed by atoms with E-state index in [2.05, 4.69) is 17.9 Å². The van der Waals surface area contributed by atoms with Crippen molar-refractivity contribution in [3.05, 3.63) is 59.3 Å². The number of rotatable bonds is 4. The van der Waals surface area contributed by atoms with E-state index in [0.717, 1.165) is 49.4 Å². The lowest BCUT2D eigenvalue weighted by Crippen LogP contribution is -2.31. The van der Waals surface area contributed by atoms with E-state index < -0.39 is 0 Å². The van der Waals surface area contributed by atoms with Crippen LogP contribution in [0, 0.1) is 6.92 Å². The standard InChI is InChI=1S/C22H27N3O2/c1-17-14-19(15-23-21(17)24-11-5-6-12-24)20-10-7-13-25(20)22(26)27-16-18-8-3-2-4-9-18/h2-4,8-9,14-15,20H,5-7,10-13,16H2,1H3. The van der Waals surface area contributed by atoms with E-state index in [1.807, 2.05) is 41.4 Å². The van der Waals surface area contributed by atoms with Crippen LogP contribution in [0.1, 0.15) is 48.4 Å². The topological polar surface area (TPSA) is 45.7 Å². The van der Waals surface area contributed by atoms with Crippen molar-refractivity contribution in [2.75, 3.05) is 24.5 Å². The fourth-order valence-corrected chi connectivity index (χ4v) is 4.17. The molecule has 0 saturated carbocycles. The summed E-state index contributed by atoms with van der Waals surface area (Å²) in [5.41, 5.74) is 3.32. The predicted molar refractivity (Wildman–Crippen MR) is 106 cm³/mol. The van der Waals surface area contributed by atoms with Crippen LogP contribution in [0.2, 0.25) is 0 Å². The van der Waals surface area contributed by atoms with Gasteiger partial charge in [-0.25, -0.2) is 9.78 Å². The van der Waals surface area contributed by atoms with Gasteiger partial charge in [0.25, 0.3) is 0 Å². The smallest absolute Gasteiger partial charge is 0.410 e. The number of nitrogens with zero attached hydrogens (tertiary/aromatic N) is 3. The van der Waals surface area contributed by atoms with Crippen molar-refractivity contribution in [3.8, 4) is 0 Å². The van der Waals surface area contributed by atoms with Crippen molar-refractivity contribution in [1.29, 1.82) is 0 Å². The molecule has 3 heterocycles. The molecule has 4 rings (SSSR count). The van der Waals surface area contributed by atoms with Crippen molar-refractivity contribution < 1.29 is 9.53 Å². The number of anilines is 1. The van der Waals surface area contributed by atoms with E-state index in [9.17, 15) is 4.79 Å². The quantitative estimate of drug-likeness (QED) is 0.802. The van der Waals surface area contributed by atoms with Crippen molar-refractivity contribution >= 4 is 11.9 Å². The largest absolute Gasteiger partial charge is 0.445 e. The number of hydrogen-bond donors (Lipinski definition) is 0. The van der Waals surface area contributed by atoms with Crippen LogP contribution in [0.4, 0.5) is 10.6 Å². The van der Waals surface area contributed by atoms with Crippen LogP contribution in [0.25, 0.3) is 0 Å². The Morgan fingerprint density at radius 2 is 1.93 bits per heavy atom. The molecule has 5 heteroatoms. The summed E-state index contributed by atoms with van der Waals surface area (Å²) in [7, 11) is 0. The minimum absolute atomic E-state index is 0.0621.